The molecule has 0 radical (unpaired) electrons. The summed E-state index contributed by atoms with van der Waals surface area (Å²) < 4.78 is 13.1. The maximum atomic E-state index is 6.56. The van der Waals surface area contributed by atoms with Crippen LogP contribution in [0.2, 0.25) is 0 Å². The minimum absolute atomic E-state index is 0.496. The molecule has 1 spiro atoms. The van der Waals surface area contributed by atoms with Crippen molar-refractivity contribution in [3.8, 4) is 56.4 Å². The summed E-state index contributed by atoms with van der Waals surface area (Å²) in [5, 5.41) is 2.43. The molecule has 0 N–H and O–H groups in total. The molecule has 9 aromatic carbocycles. The van der Waals surface area contributed by atoms with Crippen LogP contribution in [-0.4, -0.2) is 0 Å². The Balaban J connectivity index is 1.03. The summed E-state index contributed by atoms with van der Waals surface area (Å²) in [6.45, 7) is 0. The number of hydrogen-bond donors (Lipinski definition) is 0. The second-order valence-corrected chi connectivity index (χ2v) is 14.8. The zero-order chi connectivity index (χ0) is 36.8. The Morgan fingerprint density at radius 2 is 0.893 bits per heavy atom. The highest BCUT2D eigenvalue weighted by atomic mass is 16.6. The summed E-state index contributed by atoms with van der Waals surface area (Å²) in [6, 6.07) is 71.9. The van der Waals surface area contributed by atoms with Crippen molar-refractivity contribution < 1.29 is 9.47 Å². The lowest BCUT2D eigenvalue weighted by Gasteiger charge is -2.31. The molecule has 0 aromatic heterocycles. The van der Waals surface area contributed by atoms with Gasteiger partial charge in [-0.05, 0) is 122 Å². The second kappa shape index (κ2) is 11.8. The number of para-hydroxylation sites is 3. The number of benzene rings is 9. The van der Waals surface area contributed by atoms with Crippen LogP contribution >= 0.6 is 0 Å². The molecule has 12 rings (SSSR count). The zero-order valence-electron chi connectivity index (χ0n) is 30.3. The van der Waals surface area contributed by atoms with Gasteiger partial charge in [0.25, 0.3) is 0 Å². The fourth-order valence-electron chi connectivity index (χ4n) is 9.55. The molecule has 3 aliphatic rings. The lowest BCUT2D eigenvalue weighted by Crippen LogP contribution is -2.26. The Labute approximate surface area is 325 Å². The van der Waals surface area contributed by atoms with Crippen LogP contribution in [0, 0.1) is 0 Å². The molecule has 0 saturated carbocycles. The number of fused-ring (bicyclic) bond motifs is 13. The van der Waals surface area contributed by atoms with E-state index < -0.39 is 5.41 Å². The molecule has 56 heavy (non-hydrogen) atoms. The second-order valence-electron chi connectivity index (χ2n) is 14.8. The molecule has 1 aliphatic heterocycles. The number of rotatable bonds is 4. The first-order chi connectivity index (χ1) is 27.8. The normalized spacial score (nSPS) is 13.4. The monoisotopic (exact) mass is 715 g/mol. The van der Waals surface area contributed by atoms with Gasteiger partial charge in [-0.2, -0.15) is 0 Å². The van der Waals surface area contributed by atoms with Gasteiger partial charge >= 0.3 is 0 Å². The fraction of sp³-hybridized carbons (Fsp3) is 0.0189. The molecule has 1 heterocycles. The first-order valence-electron chi connectivity index (χ1n) is 19.2. The first kappa shape index (κ1) is 31.0. The van der Waals surface area contributed by atoms with E-state index in [9.17, 15) is 0 Å². The average Bonchev–Trinajstić information content (AvgIpc) is 3.72. The molecule has 2 aliphatic carbocycles. The summed E-state index contributed by atoms with van der Waals surface area (Å²) in [6.07, 6.45) is 0. The van der Waals surface area contributed by atoms with Crippen molar-refractivity contribution in [1.29, 1.82) is 0 Å². The van der Waals surface area contributed by atoms with Gasteiger partial charge in [-0.25, -0.2) is 0 Å². The van der Waals surface area contributed by atoms with Gasteiger partial charge in [-0.1, -0.05) is 140 Å². The van der Waals surface area contributed by atoms with E-state index in [2.05, 4.69) is 181 Å². The number of ether oxygens (including phenoxy) is 2. The van der Waals surface area contributed by atoms with E-state index in [0.717, 1.165) is 56.8 Å². The zero-order valence-corrected chi connectivity index (χ0v) is 30.3. The van der Waals surface area contributed by atoms with Gasteiger partial charge in [0.1, 0.15) is 0 Å². The molecule has 0 unspecified atom stereocenters. The van der Waals surface area contributed by atoms with Crippen LogP contribution < -0.4 is 14.4 Å². The Hall–Kier alpha value is -7.36. The Morgan fingerprint density at radius 1 is 0.339 bits per heavy atom. The van der Waals surface area contributed by atoms with Crippen LogP contribution in [0.5, 0.6) is 23.0 Å². The quantitative estimate of drug-likeness (QED) is 0.181. The molecule has 262 valence electrons. The van der Waals surface area contributed by atoms with E-state index in [0.29, 0.717) is 0 Å². The van der Waals surface area contributed by atoms with Crippen molar-refractivity contribution in [2.24, 2.45) is 0 Å². The molecule has 0 fully saturated rings. The van der Waals surface area contributed by atoms with Crippen molar-refractivity contribution in [1.82, 2.24) is 0 Å². The molecule has 9 aromatic rings. The third-order valence-corrected chi connectivity index (χ3v) is 11.9. The van der Waals surface area contributed by atoms with Crippen LogP contribution in [-0.2, 0) is 5.41 Å². The number of anilines is 3. The topological polar surface area (TPSA) is 21.7 Å². The number of hydrogen-bond acceptors (Lipinski definition) is 3. The Bertz CT molecular complexity index is 2990. The van der Waals surface area contributed by atoms with E-state index >= 15 is 0 Å². The van der Waals surface area contributed by atoms with Crippen LogP contribution in [0.25, 0.3) is 44.2 Å². The van der Waals surface area contributed by atoms with Crippen molar-refractivity contribution in [3.05, 3.63) is 222 Å². The van der Waals surface area contributed by atoms with Gasteiger partial charge in [-0.15, -0.1) is 0 Å². The summed E-state index contributed by atoms with van der Waals surface area (Å²) in [5.41, 5.74) is 15.2. The van der Waals surface area contributed by atoms with E-state index in [1.807, 2.05) is 24.3 Å². The van der Waals surface area contributed by atoms with Crippen LogP contribution in [0.3, 0.4) is 0 Å². The average molecular weight is 716 g/mol. The molecular formula is C53H33NO2. The van der Waals surface area contributed by atoms with E-state index in [1.54, 1.807) is 0 Å². The molecule has 0 atom stereocenters. The highest BCUT2D eigenvalue weighted by molar-refractivity contribution is 6.00. The van der Waals surface area contributed by atoms with Crippen molar-refractivity contribution in [2.75, 3.05) is 4.90 Å². The Kier molecular flexibility index (Phi) is 6.55. The maximum absolute atomic E-state index is 6.56. The van der Waals surface area contributed by atoms with Crippen molar-refractivity contribution >= 4 is 27.8 Å². The first-order valence-corrected chi connectivity index (χ1v) is 19.2. The lowest BCUT2D eigenvalue weighted by atomic mass is 9.70. The molecular weight excluding hydrogens is 683 g/mol. The predicted molar refractivity (Wildman–Crippen MR) is 227 cm³/mol. The van der Waals surface area contributed by atoms with Gasteiger partial charge in [0.2, 0.25) is 0 Å². The summed E-state index contributed by atoms with van der Waals surface area (Å²) in [5.74, 6) is 2.93. The van der Waals surface area contributed by atoms with Gasteiger partial charge < -0.3 is 14.4 Å². The third-order valence-electron chi connectivity index (χ3n) is 11.9. The van der Waals surface area contributed by atoms with Crippen molar-refractivity contribution in [2.45, 2.75) is 5.41 Å². The highest BCUT2D eigenvalue weighted by Gasteiger charge is 2.52. The third kappa shape index (κ3) is 4.34. The standard InChI is InChI=1S/C53H33NO2/c1-2-15-37(16-3-1)54(48-22-12-14-35-13-4-5-17-39(35)48)38-28-25-34(26-29-38)36-27-30-46-42(31-36)43-32-51-52(56-50-24-11-10-23-49(50)55-51)33-47(43)53(46)44-20-8-6-18-40(44)41-19-7-9-21-45(41)53/h1-33H. The molecule has 3 nitrogen and oxygen atoms in total. The molecule has 0 bridgehead atoms. The van der Waals surface area contributed by atoms with Gasteiger partial charge in [0, 0.05) is 16.8 Å². The smallest absolute Gasteiger partial charge is 0.170 e. The molecule has 3 heteroatoms. The highest BCUT2D eigenvalue weighted by Crippen LogP contribution is 2.65. The van der Waals surface area contributed by atoms with E-state index in [1.165, 1.54) is 49.7 Å². The minimum atomic E-state index is -0.496. The largest absolute Gasteiger partial charge is 0.450 e. The van der Waals surface area contributed by atoms with Crippen LogP contribution in [0.1, 0.15) is 22.3 Å². The molecule has 0 saturated heterocycles. The summed E-state index contributed by atoms with van der Waals surface area (Å²) >= 11 is 0. The van der Waals surface area contributed by atoms with Crippen molar-refractivity contribution in [3.63, 3.8) is 0 Å². The molecule has 0 amide bonds. The van der Waals surface area contributed by atoms with Gasteiger partial charge in [0.15, 0.2) is 23.0 Å². The lowest BCUT2D eigenvalue weighted by molar-refractivity contribution is 0.359. The van der Waals surface area contributed by atoms with Gasteiger partial charge in [-0.3, -0.25) is 0 Å². The Morgan fingerprint density at radius 3 is 1.64 bits per heavy atom. The maximum Gasteiger partial charge on any atom is 0.170 e. The predicted octanol–water partition coefficient (Wildman–Crippen LogP) is 14.2. The van der Waals surface area contributed by atoms with E-state index in [4.69, 9.17) is 9.47 Å². The summed E-state index contributed by atoms with van der Waals surface area (Å²) in [4.78, 5) is 2.35. The summed E-state index contributed by atoms with van der Waals surface area (Å²) in [7, 11) is 0. The fourth-order valence-corrected chi connectivity index (χ4v) is 9.55. The minimum Gasteiger partial charge on any atom is -0.450 e. The van der Waals surface area contributed by atoms with Gasteiger partial charge in [0.05, 0.1) is 11.1 Å². The van der Waals surface area contributed by atoms with Crippen LogP contribution in [0.4, 0.5) is 17.1 Å². The number of nitrogens with zero attached hydrogens (tertiary/aromatic N) is 1. The SMILES string of the molecule is c1ccc(N(c2ccc(-c3ccc4c(c3)-c3cc5c(cc3C43c4ccccc4-c4ccccc43)Oc3ccccc3O5)cc2)c2cccc3ccccc23)cc1. The van der Waals surface area contributed by atoms with E-state index in [-0.39, 0.29) is 0 Å². The van der Waals surface area contributed by atoms with Crippen LogP contribution in [0.15, 0.2) is 200 Å².